The van der Waals surface area contributed by atoms with Crippen molar-refractivity contribution in [3.63, 3.8) is 0 Å². The summed E-state index contributed by atoms with van der Waals surface area (Å²) in [6, 6.07) is 8.29. The number of hydrogen-bond donors (Lipinski definition) is 1. The molecule has 0 radical (unpaired) electrons. The molecule has 0 aromatic heterocycles. The number of para-hydroxylation sites is 1. The first-order valence-corrected chi connectivity index (χ1v) is 7.13. The van der Waals surface area contributed by atoms with Gasteiger partial charge in [0.25, 0.3) is 0 Å². The lowest BCUT2D eigenvalue weighted by Crippen LogP contribution is -2.42. The van der Waals surface area contributed by atoms with Gasteiger partial charge in [0.05, 0.1) is 6.54 Å². The first kappa shape index (κ1) is 12.5. The van der Waals surface area contributed by atoms with Gasteiger partial charge in [0.15, 0.2) is 0 Å². The third kappa shape index (κ3) is 2.45. The van der Waals surface area contributed by atoms with Crippen molar-refractivity contribution in [2.45, 2.75) is 25.3 Å². The third-order valence-corrected chi connectivity index (χ3v) is 4.17. The van der Waals surface area contributed by atoms with Crippen molar-refractivity contribution in [1.82, 2.24) is 4.90 Å². The zero-order valence-electron chi connectivity index (χ0n) is 11.2. The van der Waals surface area contributed by atoms with E-state index in [9.17, 15) is 4.79 Å². The Bertz CT molecular complexity index is 468. The number of fused-ring (bicyclic) bond motifs is 1. The summed E-state index contributed by atoms with van der Waals surface area (Å²) in [5.74, 6) is 0.253. The van der Waals surface area contributed by atoms with Crippen molar-refractivity contribution in [3.8, 4) is 0 Å². The Morgan fingerprint density at radius 3 is 2.74 bits per heavy atom. The lowest BCUT2D eigenvalue weighted by atomic mass is 9.97. The summed E-state index contributed by atoms with van der Waals surface area (Å²) in [5.41, 5.74) is 8.44. The molecule has 0 saturated carbocycles. The van der Waals surface area contributed by atoms with Crippen LogP contribution in [0.15, 0.2) is 24.3 Å². The molecular formula is C15H21N3O. The maximum absolute atomic E-state index is 12.3. The zero-order chi connectivity index (χ0) is 13.2. The monoisotopic (exact) mass is 259 g/mol. The maximum atomic E-state index is 12.3. The minimum Gasteiger partial charge on any atom is -0.362 e. The molecule has 0 spiro atoms. The van der Waals surface area contributed by atoms with Crippen LogP contribution in [-0.2, 0) is 4.79 Å². The van der Waals surface area contributed by atoms with Gasteiger partial charge >= 0.3 is 0 Å². The van der Waals surface area contributed by atoms with Gasteiger partial charge in [0.2, 0.25) is 5.91 Å². The van der Waals surface area contributed by atoms with E-state index in [0.29, 0.717) is 6.54 Å². The van der Waals surface area contributed by atoms with Crippen LogP contribution in [0, 0.1) is 0 Å². The van der Waals surface area contributed by atoms with Crippen molar-refractivity contribution in [2.75, 3.05) is 31.1 Å². The highest BCUT2D eigenvalue weighted by Crippen LogP contribution is 2.31. The summed E-state index contributed by atoms with van der Waals surface area (Å²) in [5, 5.41) is 0. The van der Waals surface area contributed by atoms with Gasteiger partial charge in [-0.1, -0.05) is 18.2 Å². The van der Waals surface area contributed by atoms with Crippen molar-refractivity contribution in [2.24, 2.45) is 5.73 Å². The van der Waals surface area contributed by atoms with E-state index in [1.165, 1.54) is 5.56 Å². The molecule has 2 aliphatic rings. The van der Waals surface area contributed by atoms with E-state index in [1.54, 1.807) is 0 Å². The van der Waals surface area contributed by atoms with Gasteiger partial charge in [-0.05, 0) is 30.9 Å². The Balaban J connectivity index is 1.75. The van der Waals surface area contributed by atoms with Crippen molar-refractivity contribution in [3.05, 3.63) is 29.8 Å². The molecule has 3 rings (SSSR count). The van der Waals surface area contributed by atoms with Crippen LogP contribution in [0.1, 0.15) is 30.9 Å². The second-order valence-corrected chi connectivity index (χ2v) is 5.46. The van der Waals surface area contributed by atoms with Gasteiger partial charge in [-0.25, -0.2) is 0 Å². The molecule has 1 saturated heterocycles. The minimum atomic E-state index is 0.106. The summed E-state index contributed by atoms with van der Waals surface area (Å²) >= 11 is 0. The molecule has 1 amide bonds. The molecule has 0 bridgehead atoms. The summed E-state index contributed by atoms with van der Waals surface area (Å²) in [6.07, 6.45) is 3.21. The van der Waals surface area contributed by atoms with Crippen LogP contribution < -0.4 is 10.6 Å². The lowest BCUT2D eigenvalue weighted by molar-refractivity contribution is -0.128. The van der Waals surface area contributed by atoms with Gasteiger partial charge < -0.3 is 15.5 Å². The fourth-order valence-electron chi connectivity index (χ4n) is 3.05. The first-order chi connectivity index (χ1) is 9.25. The molecule has 2 N–H and O–H groups in total. The van der Waals surface area contributed by atoms with Crippen LogP contribution in [0.4, 0.5) is 5.69 Å². The van der Waals surface area contributed by atoms with E-state index in [2.05, 4.69) is 17.0 Å². The van der Waals surface area contributed by atoms with Gasteiger partial charge in [0, 0.05) is 31.4 Å². The van der Waals surface area contributed by atoms with Crippen molar-refractivity contribution in [1.29, 1.82) is 0 Å². The fraction of sp³-hybridized carbons (Fsp3) is 0.533. The van der Waals surface area contributed by atoms with Gasteiger partial charge in [0.1, 0.15) is 0 Å². The summed E-state index contributed by atoms with van der Waals surface area (Å²) in [6.45, 7) is 3.21. The topological polar surface area (TPSA) is 49.6 Å². The fourth-order valence-corrected chi connectivity index (χ4v) is 3.05. The Labute approximate surface area is 114 Å². The van der Waals surface area contributed by atoms with Crippen LogP contribution in [-0.4, -0.2) is 37.0 Å². The smallest absolute Gasteiger partial charge is 0.242 e. The number of anilines is 1. The molecule has 1 fully saturated rings. The number of rotatable bonds is 2. The van der Waals surface area contributed by atoms with E-state index in [1.807, 2.05) is 17.0 Å². The Kier molecular flexibility index (Phi) is 3.42. The van der Waals surface area contributed by atoms with Gasteiger partial charge in [-0.2, -0.15) is 0 Å². The number of amides is 1. The first-order valence-electron chi connectivity index (χ1n) is 7.13. The normalized spacial score (nSPS) is 22.5. The molecule has 19 heavy (non-hydrogen) atoms. The van der Waals surface area contributed by atoms with Crippen LogP contribution in [0.5, 0.6) is 0 Å². The van der Waals surface area contributed by atoms with Crippen molar-refractivity contribution < 1.29 is 4.79 Å². The molecule has 4 nitrogen and oxygen atoms in total. The van der Waals surface area contributed by atoms with Gasteiger partial charge in [-0.15, -0.1) is 0 Å². The van der Waals surface area contributed by atoms with Gasteiger partial charge in [-0.3, -0.25) is 4.79 Å². The Hall–Kier alpha value is -1.55. The maximum Gasteiger partial charge on any atom is 0.242 e. The number of nitrogens with zero attached hydrogens (tertiary/aromatic N) is 2. The molecule has 1 aromatic rings. The van der Waals surface area contributed by atoms with E-state index < -0.39 is 0 Å². The lowest BCUT2D eigenvalue weighted by Gasteiger charge is -2.34. The van der Waals surface area contributed by atoms with Crippen LogP contribution in [0.2, 0.25) is 0 Å². The highest BCUT2D eigenvalue weighted by atomic mass is 16.2. The number of carbonyl (C=O) groups excluding carboxylic acids is 1. The largest absolute Gasteiger partial charge is 0.362 e. The quantitative estimate of drug-likeness (QED) is 0.876. The number of hydrogen-bond acceptors (Lipinski definition) is 3. The highest BCUT2D eigenvalue weighted by molar-refractivity contribution is 5.82. The minimum absolute atomic E-state index is 0.106. The van der Waals surface area contributed by atoms with E-state index in [4.69, 9.17) is 5.73 Å². The molecule has 1 aromatic carbocycles. The number of nitrogens with two attached hydrogens (primary N) is 1. The summed E-state index contributed by atoms with van der Waals surface area (Å²) < 4.78 is 0. The summed E-state index contributed by atoms with van der Waals surface area (Å²) in [4.78, 5) is 16.4. The molecular weight excluding hydrogens is 238 g/mol. The number of likely N-dealkylation sites (tertiary alicyclic amines) is 1. The van der Waals surface area contributed by atoms with Crippen molar-refractivity contribution >= 4 is 11.6 Å². The molecule has 2 aliphatic heterocycles. The molecule has 102 valence electrons. The predicted molar refractivity (Wildman–Crippen MR) is 76.0 cm³/mol. The standard InChI is InChI=1S/C15H21N3O/c16-13-7-10-18(14-6-2-1-5-12(13)14)11-15(19)17-8-3-4-9-17/h1-2,5-6,13H,3-4,7-11,16H2. The van der Waals surface area contributed by atoms with E-state index >= 15 is 0 Å². The average Bonchev–Trinajstić information content (AvgIpc) is 2.96. The van der Waals surface area contributed by atoms with Crippen LogP contribution >= 0.6 is 0 Å². The molecule has 2 heterocycles. The number of carbonyl (C=O) groups is 1. The molecule has 1 unspecified atom stereocenters. The Morgan fingerprint density at radius 1 is 1.21 bits per heavy atom. The molecule has 1 atom stereocenters. The summed E-state index contributed by atoms with van der Waals surface area (Å²) in [7, 11) is 0. The molecule has 4 heteroatoms. The third-order valence-electron chi connectivity index (χ3n) is 4.17. The second-order valence-electron chi connectivity index (χ2n) is 5.46. The van der Waals surface area contributed by atoms with E-state index in [-0.39, 0.29) is 11.9 Å². The van der Waals surface area contributed by atoms with E-state index in [0.717, 1.165) is 44.6 Å². The highest BCUT2D eigenvalue weighted by Gasteiger charge is 2.26. The SMILES string of the molecule is NC1CCN(CC(=O)N2CCCC2)c2ccccc21. The van der Waals surface area contributed by atoms with Crippen LogP contribution in [0.25, 0.3) is 0 Å². The Morgan fingerprint density at radius 2 is 1.95 bits per heavy atom. The predicted octanol–water partition coefficient (Wildman–Crippen LogP) is 1.52. The van der Waals surface area contributed by atoms with Crippen LogP contribution in [0.3, 0.4) is 0 Å². The average molecular weight is 259 g/mol. The second kappa shape index (κ2) is 5.21. The zero-order valence-corrected chi connectivity index (χ0v) is 11.2. The number of benzene rings is 1. The molecule has 0 aliphatic carbocycles.